The van der Waals surface area contributed by atoms with Crippen molar-refractivity contribution in [2.75, 3.05) is 53.5 Å². The van der Waals surface area contributed by atoms with E-state index in [0.717, 1.165) is 25.7 Å². The Kier molecular flexibility index (Phi) is 5.01. The first-order chi connectivity index (χ1) is 8.66. The van der Waals surface area contributed by atoms with E-state index in [0.29, 0.717) is 0 Å². The van der Waals surface area contributed by atoms with Crippen LogP contribution in [0.5, 0.6) is 0 Å². The largest absolute Gasteiger partial charge is 0.381 e. The molecule has 0 radical (unpaired) electrons. The van der Waals surface area contributed by atoms with Gasteiger partial charge in [0.25, 0.3) is 0 Å². The monoisotopic (exact) mass is 255 g/mol. The topological polar surface area (TPSA) is 41.7 Å². The number of likely N-dealkylation sites (N-methyl/N-ethyl adjacent to an activating group) is 1. The second-order valence-electron chi connectivity index (χ2n) is 6.17. The van der Waals surface area contributed by atoms with Crippen molar-refractivity contribution in [1.29, 1.82) is 0 Å². The van der Waals surface area contributed by atoms with Gasteiger partial charge in [-0.05, 0) is 58.8 Å². The molecule has 0 aromatic rings. The summed E-state index contributed by atoms with van der Waals surface area (Å²) < 4.78 is 5.44. The third-order valence-electron chi connectivity index (χ3n) is 4.98. The Labute approximate surface area is 111 Å². The van der Waals surface area contributed by atoms with Gasteiger partial charge in [-0.3, -0.25) is 4.90 Å². The third kappa shape index (κ3) is 3.23. The lowest BCUT2D eigenvalue weighted by Crippen LogP contribution is -2.58. The first kappa shape index (κ1) is 14.3. The Bertz CT molecular complexity index is 245. The Morgan fingerprint density at radius 1 is 1.28 bits per heavy atom. The van der Waals surface area contributed by atoms with Crippen LogP contribution in [0.15, 0.2) is 0 Å². The molecule has 4 heteroatoms. The summed E-state index contributed by atoms with van der Waals surface area (Å²) in [7, 11) is 4.48. The van der Waals surface area contributed by atoms with Gasteiger partial charge in [0.05, 0.1) is 0 Å². The molecule has 0 aromatic carbocycles. The normalized spacial score (nSPS) is 26.7. The van der Waals surface area contributed by atoms with Gasteiger partial charge < -0.3 is 15.4 Å². The van der Waals surface area contributed by atoms with Gasteiger partial charge in [0.2, 0.25) is 0 Å². The van der Waals surface area contributed by atoms with Crippen LogP contribution in [0.4, 0.5) is 0 Å². The van der Waals surface area contributed by atoms with Gasteiger partial charge in [0, 0.05) is 31.8 Å². The number of hydrogen-bond donors (Lipinski definition) is 1. The fourth-order valence-corrected chi connectivity index (χ4v) is 3.29. The van der Waals surface area contributed by atoms with Gasteiger partial charge >= 0.3 is 0 Å². The second kappa shape index (κ2) is 6.33. The molecule has 0 amide bonds. The third-order valence-corrected chi connectivity index (χ3v) is 4.98. The van der Waals surface area contributed by atoms with Crippen LogP contribution in [-0.2, 0) is 4.74 Å². The fraction of sp³-hybridized carbons (Fsp3) is 1.00. The molecule has 2 heterocycles. The maximum absolute atomic E-state index is 6.10. The molecule has 0 bridgehead atoms. The van der Waals surface area contributed by atoms with Crippen LogP contribution in [-0.4, -0.2) is 68.8 Å². The Hall–Kier alpha value is -0.160. The molecule has 0 unspecified atom stereocenters. The molecule has 0 saturated carbocycles. The van der Waals surface area contributed by atoms with E-state index in [1.54, 1.807) is 0 Å². The van der Waals surface area contributed by atoms with E-state index in [4.69, 9.17) is 10.5 Å². The summed E-state index contributed by atoms with van der Waals surface area (Å²) >= 11 is 0. The summed E-state index contributed by atoms with van der Waals surface area (Å²) in [6, 6.07) is 0. The van der Waals surface area contributed by atoms with Gasteiger partial charge in [-0.15, -0.1) is 0 Å². The highest BCUT2D eigenvalue weighted by atomic mass is 16.5. The lowest BCUT2D eigenvalue weighted by atomic mass is 9.85. The van der Waals surface area contributed by atoms with Crippen LogP contribution < -0.4 is 5.73 Å². The molecule has 2 saturated heterocycles. The van der Waals surface area contributed by atoms with Crippen molar-refractivity contribution >= 4 is 0 Å². The van der Waals surface area contributed by atoms with Crippen molar-refractivity contribution in [3.8, 4) is 0 Å². The Balaban J connectivity index is 1.90. The average molecular weight is 255 g/mol. The maximum atomic E-state index is 6.10. The molecule has 2 rings (SSSR count). The van der Waals surface area contributed by atoms with Crippen LogP contribution in [0.2, 0.25) is 0 Å². The summed E-state index contributed by atoms with van der Waals surface area (Å²) in [5.74, 6) is 0.798. The smallest absolute Gasteiger partial charge is 0.0469 e. The van der Waals surface area contributed by atoms with E-state index >= 15 is 0 Å². The summed E-state index contributed by atoms with van der Waals surface area (Å²) in [6.07, 6.45) is 4.84. The van der Waals surface area contributed by atoms with E-state index in [2.05, 4.69) is 23.9 Å². The minimum Gasteiger partial charge on any atom is -0.381 e. The van der Waals surface area contributed by atoms with Gasteiger partial charge in [0.1, 0.15) is 0 Å². The summed E-state index contributed by atoms with van der Waals surface area (Å²) in [4.78, 5) is 4.96. The van der Waals surface area contributed by atoms with Gasteiger partial charge in [-0.1, -0.05) is 0 Å². The molecule has 0 aliphatic carbocycles. The number of piperidine rings is 1. The minimum atomic E-state index is 0.241. The summed E-state index contributed by atoms with van der Waals surface area (Å²) in [6.45, 7) is 6.21. The first-order valence-electron chi connectivity index (χ1n) is 7.34. The average Bonchev–Trinajstić information content (AvgIpc) is 2.41. The predicted molar refractivity (Wildman–Crippen MR) is 74.7 cm³/mol. The molecule has 4 nitrogen and oxygen atoms in total. The molecule has 2 N–H and O–H groups in total. The van der Waals surface area contributed by atoms with Gasteiger partial charge in [-0.25, -0.2) is 0 Å². The molecule has 106 valence electrons. The van der Waals surface area contributed by atoms with Crippen LogP contribution in [0.25, 0.3) is 0 Å². The lowest BCUT2D eigenvalue weighted by Gasteiger charge is -2.47. The van der Waals surface area contributed by atoms with E-state index < -0.39 is 0 Å². The van der Waals surface area contributed by atoms with Crippen LogP contribution >= 0.6 is 0 Å². The minimum absolute atomic E-state index is 0.241. The molecular formula is C14H29N3O. The summed E-state index contributed by atoms with van der Waals surface area (Å²) in [5.41, 5.74) is 6.35. The second-order valence-corrected chi connectivity index (χ2v) is 6.17. The molecule has 0 spiro atoms. The Morgan fingerprint density at radius 3 is 2.44 bits per heavy atom. The van der Waals surface area contributed by atoms with E-state index in [-0.39, 0.29) is 5.54 Å². The maximum Gasteiger partial charge on any atom is 0.0469 e. The highest BCUT2D eigenvalue weighted by molar-refractivity contribution is 4.95. The zero-order valence-electron chi connectivity index (χ0n) is 12.0. The van der Waals surface area contributed by atoms with Crippen LogP contribution in [0, 0.1) is 5.92 Å². The number of hydrogen-bond acceptors (Lipinski definition) is 4. The first-order valence-corrected chi connectivity index (χ1v) is 7.34. The number of nitrogens with zero attached hydrogens (tertiary/aromatic N) is 2. The zero-order chi connectivity index (χ0) is 13.0. The Morgan fingerprint density at radius 2 is 1.89 bits per heavy atom. The van der Waals surface area contributed by atoms with E-state index in [9.17, 15) is 0 Å². The quantitative estimate of drug-likeness (QED) is 0.805. The molecule has 2 aliphatic heterocycles. The van der Waals surface area contributed by atoms with Crippen molar-refractivity contribution in [1.82, 2.24) is 9.80 Å². The molecule has 2 aliphatic rings. The lowest BCUT2D eigenvalue weighted by molar-refractivity contribution is 0.0125. The van der Waals surface area contributed by atoms with Crippen molar-refractivity contribution in [2.45, 2.75) is 31.2 Å². The number of ether oxygens (including phenoxy) is 1. The predicted octanol–water partition coefficient (Wildman–Crippen LogP) is 0.768. The molecule has 0 aromatic heterocycles. The molecule has 2 fully saturated rings. The number of likely N-dealkylation sites (tertiary alicyclic amines) is 1. The van der Waals surface area contributed by atoms with E-state index in [1.807, 2.05) is 0 Å². The van der Waals surface area contributed by atoms with Crippen molar-refractivity contribution < 1.29 is 4.74 Å². The molecule has 0 atom stereocenters. The summed E-state index contributed by atoms with van der Waals surface area (Å²) in [5, 5.41) is 0. The van der Waals surface area contributed by atoms with Crippen molar-refractivity contribution in [3.05, 3.63) is 0 Å². The molecular weight excluding hydrogens is 226 g/mol. The highest BCUT2D eigenvalue weighted by Crippen LogP contribution is 2.28. The van der Waals surface area contributed by atoms with Crippen LogP contribution in [0.3, 0.4) is 0 Å². The molecule has 18 heavy (non-hydrogen) atoms. The van der Waals surface area contributed by atoms with Crippen LogP contribution in [0.1, 0.15) is 25.7 Å². The zero-order valence-corrected chi connectivity index (χ0v) is 12.0. The van der Waals surface area contributed by atoms with Gasteiger partial charge in [-0.2, -0.15) is 0 Å². The number of nitrogens with two attached hydrogens (primary N) is 1. The van der Waals surface area contributed by atoms with Crippen molar-refractivity contribution in [2.24, 2.45) is 11.7 Å². The fourth-order valence-electron chi connectivity index (χ4n) is 3.29. The standard InChI is InChI=1S/C14H29N3O/c1-16-7-5-14(12-15,6-8-16)17(2)11-13-3-9-18-10-4-13/h13H,3-12,15H2,1-2H3. The SMILES string of the molecule is CN1CCC(CN)(N(C)CC2CCOCC2)CC1. The van der Waals surface area contributed by atoms with Gasteiger partial charge in [0.15, 0.2) is 0 Å². The van der Waals surface area contributed by atoms with E-state index in [1.165, 1.54) is 45.3 Å². The number of rotatable bonds is 4. The highest BCUT2D eigenvalue weighted by Gasteiger charge is 2.36. The van der Waals surface area contributed by atoms with Crippen molar-refractivity contribution in [3.63, 3.8) is 0 Å².